The number of hydrogen-bond acceptors (Lipinski definition) is 2. The second-order valence-corrected chi connectivity index (χ2v) is 5.18. The van der Waals surface area contributed by atoms with Crippen LogP contribution in [0, 0.1) is 0 Å². The highest BCUT2D eigenvalue weighted by atomic mass is 35.5. The zero-order valence-electron chi connectivity index (χ0n) is 12.0. The standard InChI is InChI=1S/C17H14ClN3O/c1-19-17(22)15-11-16(12-7-9-13(18)10-8-12)21(20-15)14-5-3-2-4-6-14/h2-11H,1H3,(H,19,22). The summed E-state index contributed by atoms with van der Waals surface area (Å²) in [4.78, 5) is 11.9. The summed E-state index contributed by atoms with van der Waals surface area (Å²) in [7, 11) is 1.59. The van der Waals surface area contributed by atoms with Gasteiger partial charge < -0.3 is 5.32 Å². The molecule has 3 aromatic rings. The van der Waals surface area contributed by atoms with Gasteiger partial charge in [0.25, 0.3) is 5.91 Å². The fourth-order valence-corrected chi connectivity index (χ4v) is 2.34. The molecule has 1 amide bonds. The highest BCUT2D eigenvalue weighted by molar-refractivity contribution is 6.30. The first kappa shape index (κ1) is 14.4. The first-order valence-electron chi connectivity index (χ1n) is 6.82. The number of nitrogens with one attached hydrogen (secondary N) is 1. The van der Waals surface area contributed by atoms with Gasteiger partial charge in [-0.1, -0.05) is 41.9 Å². The number of halogens is 1. The van der Waals surface area contributed by atoms with E-state index in [0.717, 1.165) is 16.9 Å². The average Bonchev–Trinajstić information content (AvgIpc) is 3.01. The van der Waals surface area contributed by atoms with Crippen molar-refractivity contribution in [1.29, 1.82) is 0 Å². The Morgan fingerprint density at radius 1 is 1.09 bits per heavy atom. The van der Waals surface area contributed by atoms with Crippen LogP contribution in [0.3, 0.4) is 0 Å². The number of nitrogens with zero attached hydrogens (tertiary/aromatic N) is 2. The number of carbonyl (C=O) groups excluding carboxylic acids is 1. The Hall–Kier alpha value is -2.59. The van der Waals surface area contributed by atoms with Crippen LogP contribution in [0.4, 0.5) is 0 Å². The van der Waals surface area contributed by atoms with E-state index >= 15 is 0 Å². The summed E-state index contributed by atoms with van der Waals surface area (Å²) in [5.74, 6) is -0.218. The van der Waals surface area contributed by atoms with E-state index < -0.39 is 0 Å². The van der Waals surface area contributed by atoms with Gasteiger partial charge in [0.05, 0.1) is 11.4 Å². The van der Waals surface area contributed by atoms with Gasteiger partial charge in [0.2, 0.25) is 0 Å². The van der Waals surface area contributed by atoms with Gasteiger partial charge in [-0.05, 0) is 30.3 Å². The van der Waals surface area contributed by atoms with Crippen LogP contribution >= 0.6 is 11.6 Å². The molecular formula is C17H14ClN3O. The zero-order valence-corrected chi connectivity index (χ0v) is 12.7. The minimum Gasteiger partial charge on any atom is -0.354 e. The number of benzene rings is 2. The smallest absolute Gasteiger partial charge is 0.271 e. The third-order valence-corrected chi connectivity index (χ3v) is 3.56. The van der Waals surface area contributed by atoms with Crippen molar-refractivity contribution in [2.24, 2.45) is 0 Å². The van der Waals surface area contributed by atoms with E-state index in [1.54, 1.807) is 17.8 Å². The van der Waals surface area contributed by atoms with Crippen LogP contribution in [-0.4, -0.2) is 22.7 Å². The van der Waals surface area contributed by atoms with Crippen molar-refractivity contribution in [2.45, 2.75) is 0 Å². The summed E-state index contributed by atoms with van der Waals surface area (Å²) < 4.78 is 1.76. The Bertz CT molecular complexity index is 795. The Labute approximate surface area is 133 Å². The van der Waals surface area contributed by atoms with Crippen LogP contribution in [0.2, 0.25) is 5.02 Å². The summed E-state index contributed by atoms with van der Waals surface area (Å²) in [5.41, 5.74) is 3.04. The molecule has 0 unspecified atom stereocenters. The summed E-state index contributed by atoms with van der Waals surface area (Å²) in [6.45, 7) is 0. The highest BCUT2D eigenvalue weighted by Gasteiger charge is 2.15. The summed E-state index contributed by atoms with van der Waals surface area (Å²) in [5, 5.41) is 7.69. The predicted molar refractivity (Wildman–Crippen MR) is 87.4 cm³/mol. The van der Waals surface area contributed by atoms with Crippen LogP contribution in [0.1, 0.15) is 10.5 Å². The molecule has 1 heterocycles. The summed E-state index contributed by atoms with van der Waals surface area (Å²) in [6.07, 6.45) is 0. The van der Waals surface area contributed by atoms with E-state index in [4.69, 9.17) is 11.6 Å². The van der Waals surface area contributed by atoms with Crippen LogP contribution in [-0.2, 0) is 0 Å². The lowest BCUT2D eigenvalue weighted by Crippen LogP contribution is -2.18. The maximum Gasteiger partial charge on any atom is 0.271 e. The minimum atomic E-state index is -0.218. The Kier molecular flexibility index (Phi) is 3.94. The van der Waals surface area contributed by atoms with Gasteiger partial charge in [0, 0.05) is 17.6 Å². The Balaban J connectivity index is 2.17. The molecule has 0 aliphatic carbocycles. The van der Waals surface area contributed by atoms with E-state index in [1.807, 2.05) is 54.6 Å². The van der Waals surface area contributed by atoms with Gasteiger partial charge in [0.1, 0.15) is 0 Å². The van der Waals surface area contributed by atoms with Crippen molar-refractivity contribution in [3.8, 4) is 16.9 Å². The fourth-order valence-electron chi connectivity index (χ4n) is 2.21. The van der Waals surface area contributed by atoms with Gasteiger partial charge in [-0.3, -0.25) is 4.79 Å². The molecule has 110 valence electrons. The monoisotopic (exact) mass is 311 g/mol. The molecule has 22 heavy (non-hydrogen) atoms. The van der Waals surface area contributed by atoms with E-state index in [-0.39, 0.29) is 5.91 Å². The molecule has 0 atom stereocenters. The van der Waals surface area contributed by atoms with E-state index in [1.165, 1.54) is 0 Å². The van der Waals surface area contributed by atoms with E-state index in [2.05, 4.69) is 10.4 Å². The average molecular weight is 312 g/mol. The second-order valence-electron chi connectivity index (χ2n) is 4.75. The topological polar surface area (TPSA) is 46.9 Å². The van der Waals surface area contributed by atoms with Crippen molar-refractivity contribution < 1.29 is 4.79 Å². The first-order chi connectivity index (χ1) is 10.7. The van der Waals surface area contributed by atoms with Gasteiger partial charge in [-0.15, -0.1) is 0 Å². The molecule has 0 aliphatic rings. The van der Waals surface area contributed by atoms with Crippen molar-refractivity contribution in [3.05, 3.63) is 71.4 Å². The SMILES string of the molecule is CNC(=O)c1cc(-c2ccc(Cl)cc2)n(-c2ccccc2)n1. The lowest BCUT2D eigenvalue weighted by molar-refractivity contribution is 0.0957. The lowest BCUT2D eigenvalue weighted by atomic mass is 10.1. The van der Waals surface area contributed by atoms with Crippen LogP contribution in [0.15, 0.2) is 60.7 Å². The second kappa shape index (κ2) is 6.03. The molecule has 0 saturated heterocycles. The largest absolute Gasteiger partial charge is 0.354 e. The molecule has 1 aromatic heterocycles. The maximum atomic E-state index is 11.9. The van der Waals surface area contributed by atoms with Crippen molar-refractivity contribution >= 4 is 17.5 Å². The molecule has 0 fully saturated rings. The van der Waals surface area contributed by atoms with E-state index in [0.29, 0.717) is 10.7 Å². The Morgan fingerprint density at radius 3 is 2.41 bits per heavy atom. The number of hydrogen-bond donors (Lipinski definition) is 1. The van der Waals surface area contributed by atoms with E-state index in [9.17, 15) is 4.79 Å². The van der Waals surface area contributed by atoms with Crippen molar-refractivity contribution in [3.63, 3.8) is 0 Å². The molecule has 4 nitrogen and oxygen atoms in total. The zero-order chi connectivity index (χ0) is 15.5. The summed E-state index contributed by atoms with van der Waals surface area (Å²) >= 11 is 5.95. The molecule has 0 saturated carbocycles. The first-order valence-corrected chi connectivity index (χ1v) is 7.20. The summed E-state index contributed by atoms with van der Waals surface area (Å²) in [6, 6.07) is 18.9. The predicted octanol–water partition coefficient (Wildman–Crippen LogP) is 3.55. The minimum absolute atomic E-state index is 0.218. The number of carbonyl (C=O) groups is 1. The Morgan fingerprint density at radius 2 is 1.77 bits per heavy atom. The number of amides is 1. The third-order valence-electron chi connectivity index (χ3n) is 3.31. The van der Waals surface area contributed by atoms with Gasteiger partial charge in [0.15, 0.2) is 5.69 Å². The molecule has 0 aliphatic heterocycles. The van der Waals surface area contributed by atoms with Crippen LogP contribution in [0.5, 0.6) is 0 Å². The quantitative estimate of drug-likeness (QED) is 0.804. The molecule has 0 spiro atoms. The van der Waals surface area contributed by atoms with Gasteiger partial charge in [-0.2, -0.15) is 5.10 Å². The lowest BCUT2D eigenvalue weighted by Gasteiger charge is -2.07. The molecule has 5 heteroatoms. The van der Waals surface area contributed by atoms with Crippen LogP contribution in [0.25, 0.3) is 16.9 Å². The molecule has 3 rings (SSSR count). The molecule has 2 aromatic carbocycles. The van der Waals surface area contributed by atoms with Crippen LogP contribution < -0.4 is 5.32 Å². The van der Waals surface area contributed by atoms with Gasteiger partial charge >= 0.3 is 0 Å². The third kappa shape index (κ3) is 2.73. The molecular weight excluding hydrogens is 298 g/mol. The van der Waals surface area contributed by atoms with Crippen molar-refractivity contribution in [2.75, 3.05) is 7.05 Å². The normalized spacial score (nSPS) is 10.5. The van der Waals surface area contributed by atoms with Crippen molar-refractivity contribution in [1.82, 2.24) is 15.1 Å². The highest BCUT2D eigenvalue weighted by Crippen LogP contribution is 2.25. The van der Waals surface area contributed by atoms with Gasteiger partial charge in [-0.25, -0.2) is 4.68 Å². The molecule has 0 radical (unpaired) electrons. The number of rotatable bonds is 3. The number of para-hydroxylation sites is 1. The number of aromatic nitrogens is 2. The maximum absolute atomic E-state index is 11.9. The fraction of sp³-hybridized carbons (Fsp3) is 0.0588. The molecule has 0 bridgehead atoms. The molecule has 1 N–H and O–H groups in total.